The van der Waals surface area contributed by atoms with Crippen LogP contribution < -0.4 is 4.72 Å². The summed E-state index contributed by atoms with van der Waals surface area (Å²) < 4.78 is 27.8. The lowest BCUT2D eigenvalue weighted by molar-refractivity contribution is 0.123. The smallest absolute Gasteiger partial charge is 0.263 e. The van der Waals surface area contributed by atoms with E-state index in [9.17, 15) is 8.42 Å². The standard InChI is InChI=1S/C20H29N3O2S/c1-23(16-9-3-4-10-16)18-12-6-5-11-17(18)21-20-14-15-8-2-7-13-19(15)26(24,25)22-20/h2,7-8,13,16-18H,3-6,9-12,14H2,1H3,(H,21,22)/t17-,18-/m1/s1. The molecular weight excluding hydrogens is 346 g/mol. The molecule has 0 spiro atoms. The number of amidine groups is 1. The molecule has 0 bridgehead atoms. The van der Waals surface area contributed by atoms with Crippen molar-refractivity contribution in [2.75, 3.05) is 7.05 Å². The van der Waals surface area contributed by atoms with Gasteiger partial charge in [0.25, 0.3) is 10.0 Å². The van der Waals surface area contributed by atoms with Gasteiger partial charge in [0, 0.05) is 18.5 Å². The molecule has 1 aliphatic heterocycles. The zero-order chi connectivity index (χ0) is 18.1. The zero-order valence-corrected chi connectivity index (χ0v) is 16.3. The number of benzene rings is 1. The largest absolute Gasteiger partial charge is 0.298 e. The molecule has 1 heterocycles. The summed E-state index contributed by atoms with van der Waals surface area (Å²) in [5.41, 5.74) is 0.849. The Hall–Kier alpha value is -1.40. The summed E-state index contributed by atoms with van der Waals surface area (Å²) in [6.45, 7) is 0. The van der Waals surface area contributed by atoms with Crippen molar-refractivity contribution in [3.8, 4) is 0 Å². The van der Waals surface area contributed by atoms with Crippen molar-refractivity contribution in [2.45, 2.75) is 80.8 Å². The molecule has 5 nitrogen and oxygen atoms in total. The number of hydrogen-bond acceptors (Lipinski definition) is 4. The Morgan fingerprint density at radius 3 is 2.54 bits per heavy atom. The quantitative estimate of drug-likeness (QED) is 0.883. The van der Waals surface area contributed by atoms with Gasteiger partial charge in [-0.1, -0.05) is 43.9 Å². The van der Waals surface area contributed by atoms with Crippen LogP contribution in [0.2, 0.25) is 0 Å². The third-order valence-corrected chi connectivity index (χ3v) is 7.79. The van der Waals surface area contributed by atoms with E-state index in [1.54, 1.807) is 12.1 Å². The summed E-state index contributed by atoms with van der Waals surface area (Å²) >= 11 is 0. The van der Waals surface area contributed by atoms with Gasteiger partial charge >= 0.3 is 0 Å². The maximum atomic E-state index is 12.5. The maximum Gasteiger partial charge on any atom is 0.263 e. The molecule has 2 atom stereocenters. The SMILES string of the molecule is CN(C1CCCC1)[C@@H]1CCCC[C@H]1N=C1Cc2ccccc2S(=O)(=O)N1. The second-order valence-corrected chi connectivity index (χ2v) is 9.64. The van der Waals surface area contributed by atoms with Crippen LogP contribution in [0, 0.1) is 0 Å². The third-order valence-electron chi connectivity index (χ3n) is 6.31. The monoisotopic (exact) mass is 375 g/mol. The third kappa shape index (κ3) is 3.54. The minimum absolute atomic E-state index is 0.192. The highest BCUT2D eigenvalue weighted by Crippen LogP contribution is 2.31. The highest BCUT2D eigenvalue weighted by Gasteiger charge is 2.34. The fourth-order valence-corrected chi connectivity index (χ4v) is 6.20. The van der Waals surface area contributed by atoms with Crippen LogP contribution >= 0.6 is 0 Å². The van der Waals surface area contributed by atoms with E-state index in [0.717, 1.165) is 18.4 Å². The molecule has 2 saturated carbocycles. The lowest BCUT2D eigenvalue weighted by atomic mass is 9.88. The Bertz CT molecular complexity index is 784. The molecule has 1 N–H and O–H groups in total. The lowest BCUT2D eigenvalue weighted by Gasteiger charge is -2.39. The fourth-order valence-electron chi connectivity index (χ4n) is 4.91. The Morgan fingerprint density at radius 2 is 1.73 bits per heavy atom. The summed E-state index contributed by atoms with van der Waals surface area (Å²) in [6.07, 6.45) is 10.5. The first-order valence-electron chi connectivity index (χ1n) is 9.94. The average Bonchev–Trinajstić information content (AvgIpc) is 3.16. The molecule has 2 fully saturated rings. The number of rotatable bonds is 3. The summed E-state index contributed by atoms with van der Waals surface area (Å²) in [6, 6.07) is 8.53. The van der Waals surface area contributed by atoms with E-state index in [2.05, 4.69) is 16.7 Å². The average molecular weight is 376 g/mol. The molecule has 0 aromatic heterocycles. The molecule has 26 heavy (non-hydrogen) atoms. The van der Waals surface area contributed by atoms with Crippen molar-refractivity contribution in [3.05, 3.63) is 29.8 Å². The van der Waals surface area contributed by atoms with E-state index < -0.39 is 10.0 Å². The minimum atomic E-state index is -3.49. The number of likely N-dealkylation sites (N-methyl/N-ethyl adjacent to an activating group) is 1. The summed E-state index contributed by atoms with van der Waals surface area (Å²) in [5.74, 6) is 0.612. The number of aliphatic imine (C=N–C) groups is 1. The first kappa shape index (κ1) is 18.0. The van der Waals surface area contributed by atoms with Crippen LogP contribution in [0.3, 0.4) is 0 Å². The number of fused-ring (bicyclic) bond motifs is 1. The Balaban J connectivity index is 1.58. The zero-order valence-electron chi connectivity index (χ0n) is 15.5. The van der Waals surface area contributed by atoms with Crippen molar-refractivity contribution in [3.63, 3.8) is 0 Å². The number of hydrogen-bond donors (Lipinski definition) is 1. The van der Waals surface area contributed by atoms with Crippen molar-refractivity contribution < 1.29 is 8.42 Å². The molecule has 4 rings (SSSR count). The van der Waals surface area contributed by atoms with Crippen LogP contribution in [0.5, 0.6) is 0 Å². The van der Waals surface area contributed by atoms with Crippen LogP contribution in [0.15, 0.2) is 34.2 Å². The Morgan fingerprint density at radius 1 is 1.04 bits per heavy atom. The Labute approximate surface area is 156 Å². The molecule has 142 valence electrons. The van der Waals surface area contributed by atoms with Gasteiger partial charge in [-0.25, -0.2) is 8.42 Å². The van der Waals surface area contributed by atoms with Crippen LogP contribution in [0.1, 0.15) is 56.9 Å². The summed E-state index contributed by atoms with van der Waals surface area (Å²) in [5, 5.41) is 0. The van der Waals surface area contributed by atoms with Gasteiger partial charge in [-0.3, -0.25) is 14.6 Å². The van der Waals surface area contributed by atoms with E-state index in [0.29, 0.717) is 29.2 Å². The molecule has 0 radical (unpaired) electrons. The first-order chi connectivity index (χ1) is 12.5. The normalized spacial score (nSPS) is 30.3. The lowest BCUT2D eigenvalue weighted by Crippen LogP contribution is -2.48. The first-order valence-corrected chi connectivity index (χ1v) is 11.4. The van der Waals surface area contributed by atoms with Crippen LogP contribution in [-0.2, 0) is 16.4 Å². The van der Waals surface area contributed by atoms with E-state index in [1.807, 2.05) is 12.1 Å². The van der Waals surface area contributed by atoms with Crippen LogP contribution in [-0.4, -0.2) is 44.3 Å². The van der Waals surface area contributed by atoms with Crippen molar-refractivity contribution in [1.82, 2.24) is 9.62 Å². The van der Waals surface area contributed by atoms with Crippen LogP contribution in [0.25, 0.3) is 0 Å². The molecule has 1 aromatic rings. The van der Waals surface area contributed by atoms with Gasteiger partial charge < -0.3 is 0 Å². The highest BCUT2D eigenvalue weighted by molar-refractivity contribution is 7.90. The van der Waals surface area contributed by atoms with Crippen molar-refractivity contribution in [1.29, 1.82) is 0 Å². The van der Waals surface area contributed by atoms with Gasteiger partial charge in [0.2, 0.25) is 0 Å². The number of nitrogens with one attached hydrogen (secondary N) is 1. The number of nitrogens with zero attached hydrogens (tertiary/aromatic N) is 2. The molecule has 0 amide bonds. The van der Waals surface area contributed by atoms with Gasteiger partial charge in [-0.05, 0) is 44.4 Å². The van der Waals surface area contributed by atoms with E-state index in [1.165, 1.54) is 38.5 Å². The second kappa shape index (κ2) is 7.31. The van der Waals surface area contributed by atoms with E-state index >= 15 is 0 Å². The maximum absolute atomic E-state index is 12.5. The van der Waals surface area contributed by atoms with Crippen molar-refractivity contribution in [2.24, 2.45) is 4.99 Å². The fraction of sp³-hybridized carbons (Fsp3) is 0.650. The van der Waals surface area contributed by atoms with Gasteiger partial charge in [-0.15, -0.1) is 0 Å². The predicted octanol–water partition coefficient (Wildman–Crippen LogP) is 3.11. The van der Waals surface area contributed by atoms with E-state index in [4.69, 9.17) is 4.99 Å². The molecule has 3 aliphatic rings. The molecule has 0 unspecified atom stereocenters. The van der Waals surface area contributed by atoms with Crippen molar-refractivity contribution >= 4 is 15.9 Å². The molecular formula is C20H29N3O2S. The highest BCUT2D eigenvalue weighted by atomic mass is 32.2. The predicted molar refractivity (Wildman–Crippen MR) is 104 cm³/mol. The van der Waals surface area contributed by atoms with Gasteiger partial charge in [0.1, 0.15) is 5.84 Å². The Kier molecular flexibility index (Phi) is 5.06. The molecule has 0 saturated heterocycles. The van der Waals surface area contributed by atoms with E-state index in [-0.39, 0.29) is 6.04 Å². The van der Waals surface area contributed by atoms with Gasteiger partial charge in [0.05, 0.1) is 10.9 Å². The molecule has 1 aromatic carbocycles. The molecule has 2 aliphatic carbocycles. The number of sulfonamides is 1. The van der Waals surface area contributed by atoms with Gasteiger partial charge in [0.15, 0.2) is 0 Å². The topological polar surface area (TPSA) is 61.8 Å². The summed E-state index contributed by atoms with van der Waals surface area (Å²) in [4.78, 5) is 7.89. The summed E-state index contributed by atoms with van der Waals surface area (Å²) in [7, 11) is -1.24. The minimum Gasteiger partial charge on any atom is -0.298 e. The van der Waals surface area contributed by atoms with Crippen LogP contribution in [0.4, 0.5) is 0 Å². The second-order valence-electron chi connectivity index (χ2n) is 7.99. The molecule has 6 heteroatoms. The van der Waals surface area contributed by atoms with Gasteiger partial charge in [-0.2, -0.15) is 0 Å².